The molecule has 6 nitrogen and oxygen atoms in total. The van der Waals surface area contributed by atoms with E-state index in [4.69, 9.17) is 9.15 Å². The third kappa shape index (κ3) is 3.23. The molecule has 3 aliphatic rings. The number of carbonyl (C=O) groups excluding carboxylic acids is 2. The van der Waals surface area contributed by atoms with Crippen molar-refractivity contribution in [2.45, 2.75) is 50.9 Å². The van der Waals surface area contributed by atoms with Crippen molar-refractivity contribution in [2.75, 3.05) is 18.5 Å². The fourth-order valence-electron chi connectivity index (χ4n) is 3.99. The molecule has 0 spiro atoms. The van der Waals surface area contributed by atoms with Gasteiger partial charge in [-0.05, 0) is 50.5 Å². The Morgan fingerprint density at radius 3 is 2.74 bits per heavy atom. The van der Waals surface area contributed by atoms with Crippen LogP contribution in [0.2, 0.25) is 0 Å². The minimum absolute atomic E-state index is 0.145. The molecule has 2 aromatic rings. The summed E-state index contributed by atoms with van der Waals surface area (Å²) in [6, 6.07) is 0. The van der Waals surface area contributed by atoms with Crippen LogP contribution in [0.1, 0.15) is 75.2 Å². The Hall–Kier alpha value is -1.99. The van der Waals surface area contributed by atoms with E-state index in [9.17, 15) is 9.59 Å². The van der Waals surface area contributed by atoms with Crippen LogP contribution in [0.5, 0.6) is 0 Å². The molecular weight excluding hydrogens is 364 g/mol. The Labute approximate surface area is 161 Å². The van der Waals surface area contributed by atoms with Crippen LogP contribution in [0, 0.1) is 5.92 Å². The van der Waals surface area contributed by atoms with Gasteiger partial charge in [0.1, 0.15) is 11.3 Å². The average molecular weight is 386 g/mol. The Morgan fingerprint density at radius 2 is 1.96 bits per heavy atom. The summed E-state index contributed by atoms with van der Waals surface area (Å²) in [5.74, 6) is 0.853. The Bertz CT molecular complexity index is 890. The molecule has 3 heterocycles. The van der Waals surface area contributed by atoms with Gasteiger partial charge in [0.05, 0.1) is 5.56 Å². The number of oxazole rings is 1. The summed E-state index contributed by atoms with van der Waals surface area (Å²) >= 11 is 1.55. The molecule has 0 radical (unpaired) electrons. The highest BCUT2D eigenvalue weighted by molar-refractivity contribution is 7.17. The minimum atomic E-state index is -0.304. The van der Waals surface area contributed by atoms with Gasteiger partial charge in [-0.2, -0.15) is 0 Å². The van der Waals surface area contributed by atoms with Crippen LogP contribution in [0.15, 0.2) is 10.7 Å². The summed E-state index contributed by atoms with van der Waals surface area (Å²) in [6.07, 6.45) is 8.11. The van der Waals surface area contributed by atoms with Crippen molar-refractivity contribution in [2.24, 2.45) is 5.92 Å². The number of ether oxygens (including phenoxy) is 1. The number of thiophene rings is 1. The number of aryl methyl sites for hydroxylation is 1. The van der Waals surface area contributed by atoms with Crippen LogP contribution in [-0.2, 0) is 17.6 Å². The first-order valence-corrected chi connectivity index (χ1v) is 10.6. The molecular formula is C20H22N2O4S. The van der Waals surface area contributed by atoms with Crippen LogP contribution >= 0.6 is 11.3 Å². The summed E-state index contributed by atoms with van der Waals surface area (Å²) in [7, 11) is 0. The monoisotopic (exact) mass is 386 g/mol. The summed E-state index contributed by atoms with van der Waals surface area (Å²) in [5.41, 5.74) is 2.20. The lowest BCUT2D eigenvalue weighted by molar-refractivity contribution is 0.0794. The first-order chi connectivity index (χ1) is 13.2. The van der Waals surface area contributed by atoms with E-state index in [2.05, 4.69) is 10.3 Å². The van der Waals surface area contributed by atoms with Crippen LogP contribution in [0.4, 0.5) is 5.00 Å². The van der Waals surface area contributed by atoms with Crippen molar-refractivity contribution in [3.05, 3.63) is 33.9 Å². The van der Waals surface area contributed by atoms with Gasteiger partial charge in [0, 0.05) is 29.9 Å². The van der Waals surface area contributed by atoms with E-state index in [1.165, 1.54) is 11.1 Å². The zero-order valence-corrected chi connectivity index (χ0v) is 15.9. The molecule has 27 heavy (non-hydrogen) atoms. The van der Waals surface area contributed by atoms with Gasteiger partial charge in [0.2, 0.25) is 0 Å². The number of Topliss-reactive ketones (excluding diaryl/α,β-unsaturated/α-hetero) is 1. The summed E-state index contributed by atoms with van der Waals surface area (Å²) in [6.45, 7) is 1.39. The Morgan fingerprint density at radius 1 is 1.15 bits per heavy atom. The number of hydrogen-bond acceptors (Lipinski definition) is 6. The van der Waals surface area contributed by atoms with E-state index in [0.29, 0.717) is 24.1 Å². The van der Waals surface area contributed by atoms with Gasteiger partial charge in [0.25, 0.3) is 5.91 Å². The summed E-state index contributed by atoms with van der Waals surface area (Å²) < 4.78 is 10.9. The van der Waals surface area contributed by atoms with E-state index in [0.717, 1.165) is 56.1 Å². The number of ketones is 1. The van der Waals surface area contributed by atoms with Crippen molar-refractivity contribution in [3.8, 4) is 0 Å². The second-order valence-electron chi connectivity index (χ2n) is 7.61. The number of fused-ring (bicyclic) bond motifs is 1. The maximum absolute atomic E-state index is 12.8. The Balaban J connectivity index is 1.37. The molecule has 0 aromatic carbocycles. The fourth-order valence-corrected chi connectivity index (χ4v) is 5.28. The SMILES string of the molecule is O=C(Nc1sc2c(c1C(=O)C1CC1)CCC2)c1coc(C2CCOCC2)n1. The molecule has 1 aliphatic heterocycles. The predicted molar refractivity (Wildman–Crippen MR) is 101 cm³/mol. The highest BCUT2D eigenvalue weighted by Crippen LogP contribution is 2.44. The maximum Gasteiger partial charge on any atom is 0.278 e. The number of nitrogens with zero attached hydrogens (tertiary/aromatic N) is 1. The van der Waals surface area contributed by atoms with E-state index in [1.807, 2.05) is 0 Å². The molecule has 1 saturated carbocycles. The second kappa shape index (κ2) is 6.87. The largest absolute Gasteiger partial charge is 0.448 e. The molecule has 5 rings (SSSR count). The molecule has 0 atom stereocenters. The van der Waals surface area contributed by atoms with Crippen molar-refractivity contribution < 1.29 is 18.7 Å². The van der Waals surface area contributed by atoms with Crippen molar-refractivity contribution in [1.82, 2.24) is 4.98 Å². The topological polar surface area (TPSA) is 81.4 Å². The quantitative estimate of drug-likeness (QED) is 0.787. The van der Waals surface area contributed by atoms with Gasteiger partial charge in [-0.25, -0.2) is 4.98 Å². The number of amides is 1. The van der Waals surface area contributed by atoms with Gasteiger partial charge >= 0.3 is 0 Å². The molecule has 2 fully saturated rings. The van der Waals surface area contributed by atoms with Crippen LogP contribution in [0.25, 0.3) is 0 Å². The van der Waals surface area contributed by atoms with Crippen molar-refractivity contribution >= 4 is 28.0 Å². The molecule has 2 aliphatic carbocycles. The predicted octanol–water partition coefficient (Wildman–Crippen LogP) is 3.96. The van der Waals surface area contributed by atoms with Crippen molar-refractivity contribution in [3.63, 3.8) is 0 Å². The number of anilines is 1. The number of nitrogens with one attached hydrogen (secondary N) is 1. The van der Waals surface area contributed by atoms with Crippen LogP contribution in [-0.4, -0.2) is 29.9 Å². The van der Waals surface area contributed by atoms with Crippen LogP contribution in [0.3, 0.4) is 0 Å². The van der Waals surface area contributed by atoms with Gasteiger partial charge in [-0.3, -0.25) is 9.59 Å². The van der Waals surface area contributed by atoms with E-state index < -0.39 is 0 Å². The molecule has 0 bridgehead atoms. The number of aromatic nitrogens is 1. The highest BCUT2D eigenvalue weighted by Gasteiger charge is 2.36. The fraction of sp³-hybridized carbons (Fsp3) is 0.550. The third-order valence-electron chi connectivity index (χ3n) is 5.67. The third-order valence-corrected chi connectivity index (χ3v) is 6.88. The number of hydrogen-bond donors (Lipinski definition) is 1. The molecule has 1 saturated heterocycles. The lowest BCUT2D eigenvalue weighted by Crippen LogP contribution is -2.16. The average Bonchev–Trinajstić information content (AvgIpc) is 3.10. The van der Waals surface area contributed by atoms with Gasteiger partial charge in [-0.15, -0.1) is 11.3 Å². The molecule has 1 amide bonds. The van der Waals surface area contributed by atoms with Crippen molar-refractivity contribution in [1.29, 1.82) is 0 Å². The van der Waals surface area contributed by atoms with E-state index in [-0.39, 0.29) is 29.2 Å². The summed E-state index contributed by atoms with van der Waals surface area (Å²) in [5, 5.41) is 3.64. The first kappa shape index (κ1) is 17.1. The number of carbonyl (C=O) groups is 2. The Kier molecular flexibility index (Phi) is 4.36. The molecule has 142 valence electrons. The lowest BCUT2D eigenvalue weighted by Gasteiger charge is -2.18. The first-order valence-electron chi connectivity index (χ1n) is 9.74. The number of rotatable bonds is 5. The van der Waals surface area contributed by atoms with Crippen LogP contribution < -0.4 is 5.32 Å². The van der Waals surface area contributed by atoms with Gasteiger partial charge in [-0.1, -0.05) is 0 Å². The summed E-state index contributed by atoms with van der Waals surface area (Å²) in [4.78, 5) is 31.2. The smallest absolute Gasteiger partial charge is 0.278 e. The molecule has 0 unspecified atom stereocenters. The zero-order valence-electron chi connectivity index (χ0n) is 15.1. The standard InChI is InChI=1S/C20H22N2O4S/c23-17(11-4-5-11)16-13-2-1-3-15(13)27-20(16)22-18(24)14-10-26-19(21-14)12-6-8-25-9-7-12/h10-12H,1-9H2,(H,22,24). The normalized spacial score (nSPS) is 19.9. The zero-order chi connectivity index (χ0) is 18.4. The van der Waals surface area contributed by atoms with E-state index in [1.54, 1.807) is 11.3 Å². The van der Waals surface area contributed by atoms with Gasteiger partial charge < -0.3 is 14.5 Å². The molecule has 7 heteroatoms. The van der Waals surface area contributed by atoms with E-state index >= 15 is 0 Å². The highest BCUT2D eigenvalue weighted by atomic mass is 32.1. The molecule has 1 N–H and O–H groups in total. The second-order valence-corrected chi connectivity index (χ2v) is 8.72. The lowest BCUT2D eigenvalue weighted by atomic mass is 10.0. The maximum atomic E-state index is 12.8. The molecule has 2 aromatic heterocycles. The minimum Gasteiger partial charge on any atom is -0.448 e. The van der Waals surface area contributed by atoms with Gasteiger partial charge in [0.15, 0.2) is 17.4 Å².